The van der Waals surface area contributed by atoms with Crippen LogP contribution in [0, 0.1) is 5.41 Å². The van der Waals surface area contributed by atoms with Crippen LogP contribution in [0.1, 0.15) is 88.2 Å². The predicted octanol–water partition coefficient (Wildman–Crippen LogP) is 9.23. The number of rotatable bonds is 10. The van der Waals surface area contributed by atoms with Crippen molar-refractivity contribution in [2.24, 2.45) is 5.41 Å². The van der Waals surface area contributed by atoms with E-state index in [-0.39, 0.29) is 20.7 Å². The zero-order valence-electron chi connectivity index (χ0n) is 23.3. The van der Waals surface area contributed by atoms with Crippen LogP contribution in [0.15, 0.2) is 72.8 Å². The van der Waals surface area contributed by atoms with Crippen molar-refractivity contribution in [3.63, 3.8) is 0 Å². The van der Waals surface area contributed by atoms with E-state index in [1.165, 1.54) is 54.9 Å². The van der Waals surface area contributed by atoms with Crippen molar-refractivity contribution in [2.75, 3.05) is 0 Å². The Kier molecular flexibility index (Phi) is 12.8. The fraction of sp³-hybridized carbons (Fsp3) is 0.441. The van der Waals surface area contributed by atoms with Crippen LogP contribution in [0.3, 0.4) is 0 Å². The minimum absolute atomic E-state index is 0.311. The summed E-state index contributed by atoms with van der Waals surface area (Å²) in [6, 6.07) is 24.8. The molecule has 2 radical (unpaired) electrons. The summed E-state index contributed by atoms with van der Waals surface area (Å²) in [4.78, 5) is 0. The summed E-state index contributed by atoms with van der Waals surface area (Å²) in [5.41, 5.74) is 3.57. The van der Waals surface area contributed by atoms with Crippen molar-refractivity contribution in [3.8, 4) is 0 Å². The number of unbranched alkanes of at least 4 members (excludes halogenated alkanes) is 2. The van der Waals surface area contributed by atoms with Gasteiger partial charge >= 0.3 is 240 Å². The van der Waals surface area contributed by atoms with Crippen LogP contribution in [0.4, 0.5) is 0 Å². The number of fused-ring (bicyclic) bond motifs is 2. The molecule has 0 bridgehead atoms. The molecule has 0 saturated carbocycles. The molecule has 190 valence electrons. The van der Waals surface area contributed by atoms with Gasteiger partial charge < -0.3 is 0 Å². The molecule has 0 amide bonds. The molecule has 2 heteroatoms. The van der Waals surface area contributed by atoms with Crippen LogP contribution in [0.5, 0.6) is 0 Å². The summed E-state index contributed by atoms with van der Waals surface area (Å²) in [7, 11) is 0. The summed E-state index contributed by atoms with van der Waals surface area (Å²) in [5, 5.41) is 2.96. The third-order valence-corrected chi connectivity index (χ3v) is 20.6. The fourth-order valence-corrected chi connectivity index (χ4v) is 18.5. The maximum absolute atomic E-state index is 2.47. The number of hydrogen-bond acceptors (Lipinski definition) is 0. The first-order valence-corrected chi connectivity index (χ1v) is 22.9. The molecule has 1 heterocycles. The van der Waals surface area contributed by atoms with Gasteiger partial charge in [0, 0.05) is 0 Å². The van der Waals surface area contributed by atoms with Crippen molar-refractivity contribution in [3.05, 3.63) is 83.9 Å². The molecule has 1 aliphatic rings. The van der Waals surface area contributed by atoms with Crippen molar-refractivity contribution in [1.82, 2.24) is 0 Å². The van der Waals surface area contributed by atoms with E-state index in [0.29, 0.717) is 5.41 Å². The monoisotopic (exact) mass is 694 g/mol. The molecule has 1 atom stereocenters. The normalized spacial score (nSPS) is 13.4. The molecule has 0 nitrogen and oxygen atoms in total. The first-order valence-electron chi connectivity index (χ1n) is 14.1. The summed E-state index contributed by atoms with van der Waals surface area (Å²) in [5.74, 6) is 0. The maximum atomic E-state index is 2.47. The van der Waals surface area contributed by atoms with Gasteiger partial charge in [-0.1, -0.05) is 0 Å². The Morgan fingerprint density at radius 2 is 1.47 bits per heavy atom. The van der Waals surface area contributed by atoms with Crippen LogP contribution in [0.25, 0.3) is 16.8 Å². The zero-order valence-corrected chi connectivity index (χ0v) is 29.0. The van der Waals surface area contributed by atoms with E-state index in [2.05, 4.69) is 118 Å². The number of allylic oxidation sites excluding steroid dienone is 1. The second kappa shape index (κ2) is 15.5. The van der Waals surface area contributed by atoms with Crippen molar-refractivity contribution < 1.29 is 0 Å². The Hall–Kier alpha value is -0.873. The molecule has 0 fully saturated rings. The summed E-state index contributed by atoms with van der Waals surface area (Å²) in [6.45, 7) is 12.0. The van der Waals surface area contributed by atoms with Gasteiger partial charge in [-0.2, -0.15) is 0 Å². The SMILES string of the molecule is C1=Cc2cccc[c]2[Sn]=[CH]1.CCC[CH2][Sn]([CH2]CCC)[CH](CCC(C)(C)C)c1cccc2ccccc12. The quantitative estimate of drug-likeness (QED) is 0.186. The molecule has 3 aromatic carbocycles. The molecule has 0 spiro atoms. The Balaban J connectivity index is 0.000000297. The fourth-order valence-electron chi connectivity index (χ4n) is 5.06. The second-order valence-electron chi connectivity index (χ2n) is 11.3. The van der Waals surface area contributed by atoms with Gasteiger partial charge in [0.15, 0.2) is 0 Å². The Labute approximate surface area is 238 Å². The van der Waals surface area contributed by atoms with Gasteiger partial charge in [0.2, 0.25) is 0 Å². The topological polar surface area (TPSA) is 0 Å². The van der Waals surface area contributed by atoms with E-state index in [9.17, 15) is 0 Å². The van der Waals surface area contributed by atoms with E-state index in [4.69, 9.17) is 0 Å². The standard InChI is InChI=1S/C17H21.C9H7.2C4H9.2Sn/c1-17(2,3)13-7-11-15-10-6-9-14-8-4-5-12-16(14)15;1-2-6-9-7-4-3-5-8-9;2*1-3-4-2;;/h4-6,8-12H,7,13H2,1-3H3;1-7H;2*1,3-4H2,2H3;;. The van der Waals surface area contributed by atoms with Gasteiger partial charge in [0.05, 0.1) is 0 Å². The minimum atomic E-state index is -1.49. The van der Waals surface area contributed by atoms with Gasteiger partial charge in [0.1, 0.15) is 0 Å². The van der Waals surface area contributed by atoms with Gasteiger partial charge in [-0.3, -0.25) is 0 Å². The average molecular weight is 692 g/mol. The first-order chi connectivity index (χ1) is 17.4. The molecule has 0 N–H and O–H groups in total. The Morgan fingerprint density at radius 3 is 2.17 bits per heavy atom. The predicted molar refractivity (Wildman–Crippen MR) is 167 cm³/mol. The van der Waals surface area contributed by atoms with E-state index >= 15 is 0 Å². The van der Waals surface area contributed by atoms with Gasteiger partial charge in [0.25, 0.3) is 0 Å². The molecule has 4 rings (SSSR count). The van der Waals surface area contributed by atoms with Gasteiger partial charge in [-0.05, 0) is 0 Å². The third kappa shape index (κ3) is 9.46. The molecule has 1 unspecified atom stereocenters. The molecule has 0 aliphatic carbocycles. The Bertz CT molecular complexity index is 1070. The van der Waals surface area contributed by atoms with Crippen LogP contribution < -0.4 is 3.58 Å². The molecule has 3 aromatic rings. The van der Waals surface area contributed by atoms with Crippen LogP contribution in [-0.4, -0.2) is 44.4 Å². The summed E-state index contributed by atoms with van der Waals surface area (Å²) in [6.07, 6.45) is 12.8. The molecule has 0 saturated heterocycles. The first kappa shape index (κ1) is 29.7. The molecule has 36 heavy (non-hydrogen) atoms. The van der Waals surface area contributed by atoms with Crippen molar-refractivity contribution >= 4 is 64.9 Å². The molecule has 1 aliphatic heterocycles. The van der Waals surface area contributed by atoms with Gasteiger partial charge in [-0.25, -0.2) is 0 Å². The number of hydrogen-bond donors (Lipinski definition) is 0. The Morgan fingerprint density at radius 1 is 0.806 bits per heavy atom. The second-order valence-corrected chi connectivity index (χ2v) is 23.3. The average Bonchev–Trinajstić information content (AvgIpc) is 2.89. The molecular weight excluding hydrogens is 646 g/mol. The van der Waals surface area contributed by atoms with Gasteiger partial charge in [-0.15, -0.1) is 0 Å². The molecular formula is C34H46Sn2. The summed E-state index contributed by atoms with van der Waals surface area (Å²) >= 11 is -1.80. The van der Waals surface area contributed by atoms with Crippen molar-refractivity contribution in [1.29, 1.82) is 0 Å². The van der Waals surface area contributed by atoms with Crippen LogP contribution in [0.2, 0.25) is 8.87 Å². The van der Waals surface area contributed by atoms with Crippen molar-refractivity contribution in [2.45, 2.75) is 86.0 Å². The van der Waals surface area contributed by atoms with E-state index in [0.717, 1.165) is 3.93 Å². The van der Waals surface area contributed by atoms with E-state index < -0.39 is 19.8 Å². The van der Waals surface area contributed by atoms with Crippen LogP contribution >= 0.6 is 0 Å². The van der Waals surface area contributed by atoms with Crippen LogP contribution in [-0.2, 0) is 0 Å². The summed E-state index contributed by atoms with van der Waals surface area (Å²) < 4.78 is 8.01. The number of benzene rings is 3. The zero-order chi connectivity index (χ0) is 25.8. The van der Waals surface area contributed by atoms with E-state index in [1.807, 2.05) is 0 Å². The van der Waals surface area contributed by atoms with E-state index in [1.54, 1.807) is 18.0 Å². The molecule has 0 aromatic heterocycles. The third-order valence-electron chi connectivity index (χ3n) is 7.15.